The molecule has 3 amide bonds. The molecule has 0 aromatic carbocycles. The lowest BCUT2D eigenvalue weighted by Gasteiger charge is -2.49. The molecule has 190 valence electrons. The molecule has 0 spiro atoms. The summed E-state index contributed by atoms with van der Waals surface area (Å²) in [7, 11) is 0. The Labute approximate surface area is 211 Å². The van der Waals surface area contributed by atoms with Crippen molar-refractivity contribution < 1.29 is 29.5 Å². The number of oxime groups is 1. The van der Waals surface area contributed by atoms with Crippen LogP contribution in [0, 0.1) is 0 Å². The van der Waals surface area contributed by atoms with Crippen LogP contribution in [0.1, 0.15) is 12.2 Å². The summed E-state index contributed by atoms with van der Waals surface area (Å²) >= 11 is 2.06. The summed E-state index contributed by atoms with van der Waals surface area (Å²) in [5.41, 5.74) is 11.6. The number of β-lactam (4-membered cyclic amide) rings is 1. The quantitative estimate of drug-likeness (QED) is 0.0744. The van der Waals surface area contributed by atoms with Gasteiger partial charge in [-0.2, -0.15) is 9.36 Å². The molecule has 1 aromatic heterocycles. The van der Waals surface area contributed by atoms with Gasteiger partial charge in [0.15, 0.2) is 5.13 Å². The SMILES string of the molecule is Nc1nc(/C(=N/O)C(=O)NC2C(=O)N3C(C(=O)O)=C(/C=C4\CCN(C5CNNC5)C4=O)CSC23)ns1. The standard InChI is InChI=1S/C19H21N9O6S2/c20-19-24-13(26-36-19)10(25-34)14(29)23-11-16(31)28-12(18(32)33)8(6-35-17(11)28)3-7-1-2-27(15(7)30)9-4-21-22-5-9/h3,9,11,17,21-22,34H,1-2,4-6H2,(H,23,29)(H,32,33)(H2,20,24,26)/b7-3+,25-10-. The third-order valence-electron chi connectivity index (χ3n) is 6.20. The van der Waals surface area contributed by atoms with E-state index in [0.717, 1.165) is 16.4 Å². The number of carbonyl (C=O) groups is 4. The Bertz CT molecular complexity index is 1240. The molecular formula is C19H21N9O6S2. The smallest absolute Gasteiger partial charge is 0.352 e. The molecule has 36 heavy (non-hydrogen) atoms. The Morgan fingerprint density at radius 2 is 2.03 bits per heavy atom. The van der Waals surface area contributed by atoms with Gasteiger partial charge in [-0.25, -0.2) is 4.79 Å². The van der Waals surface area contributed by atoms with Crippen molar-refractivity contribution in [2.24, 2.45) is 5.16 Å². The fraction of sp³-hybridized carbons (Fsp3) is 0.421. The lowest BCUT2D eigenvalue weighted by atomic mass is 10.0. The first-order valence-corrected chi connectivity index (χ1v) is 12.6. The van der Waals surface area contributed by atoms with Crippen molar-refractivity contribution in [1.29, 1.82) is 0 Å². The second-order valence-electron chi connectivity index (χ2n) is 8.28. The fourth-order valence-electron chi connectivity index (χ4n) is 4.49. The van der Waals surface area contributed by atoms with Crippen LogP contribution in [-0.4, -0.2) is 102 Å². The number of thioether (sulfide) groups is 1. The van der Waals surface area contributed by atoms with Crippen LogP contribution < -0.4 is 21.9 Å². The molecule has 0 radical (unpaired) electrons. The third kappa shape index (κ3) is 4.08. The Morgan fingerprint density at radius 3 is 2.67 bits per heavy atom. The number of amides is 3. The van der Waals surface area contributed by atoms with Crippen molar-refractivity contribution >= 4 is 57.8 Å². The normalized spacial score (nSPS) is 26.0. The number of carboxylic acids is 1. The number of hydrazine groups is 1. The van der Waals surface area contributed by atoms with Crippen molar-refractivity contribution in [1.82, 2.24) is 35.3 Å². The van der Waals surface area contributed by atoms with Crippen molar-refractivity contribution in [2.45, 2.75) is 23.9 Å². The van der Waals surface area contributed by atoms with E-state index in [-0.39, 0.29) is 34.4 Å². The predicted octanol–water partition coefficient (Wildman–Crippen LogP) is -2.33. The lowest BCUT2D eigenvalue weighted by molar-refractivity contribution is -0.150. The van der Waals surface area contributed by atoms with Crippen LogP contribution in [0.3, 0.4) is 0 Å². The molecule has 4 aliphatic heterocycles. The molecule has 15 nitrogen and oxygen atoms in total. The van der Waals surface area contributed by atoms with E-state index in [1.807, 2.05) is 0 Å². The minimum absolute atomic E-state index is 0.0195. The van der Waals surface area contributed by atoms with Gasteiger partial charge in [0.1, 0.15) is 17.1 Å². The Kier molecular flexibility index (Phi) is 6.37. The Morgan fingerprint density at radius 1 is 1.28 bits per heavy atom. The number of carboxylic acid groups (broad SMARTS) is 1. The molecule has 2 atom stereocenters. The molecule has 5 heterocycles. The summed E-state index contributed by atoms with van der Waals surface area (Å²) in [5.74, 6) is -2.98. The highest BCUT2D eigenvalue weighted by Crippen LogP contribution is 2.41. The highest BCUT2D eigenvalue weighted by molar-refractivity contribution is 8.00. The second kappa shape index (κ2) is 9.49. The van der Waals surface area contributed by atoms with E-state index < -0.39 is 34.9 Å². The highest BCUT2D eigenvalue weighted by atomic mass is 32.2. The summed E-state index contributed by atoms with van der Waals surface area (Å²) in [6.45, 7) is 1.79. The van der Waals surface area contributed by atoms with E-state index in [1.54, 1.807) is 11.0 Å². The maximum atomic E-state index is 12.9. The second-order valence-corrected chi connectivity index (χ2v) is 10.2. The van der Waals surface area contributed by atoms with Gasteiger partial charge in [0.2, 0.25) is 17.4 Å². The van der Waals surface area contributed by atoms with E-state index in [0.29, 0.717) is 37.2 Å². The number of allylic oxidation sites excluding steroid dienone is 1. The number of nitrogens with two attached hydrogens (primary N) is 1. The molecule has 4 aliphatic rings. The maximum absolute atomic E-state index is 12.9. The van der Waals surface area contributed by atoms with Gasteiger partial charge in [-0.05, 0) is 18.1 Å². The molecule has 2 unspecified atom stereocenters. The van der Waals surface area contributed by atoms with Crippen LogP contribution in [0.15, 0.2) is 28.1 Å². The summed E-state index contributed by atoms with van der Waals surface area (Å²) in [6.07, 6.45) is 2.05. The maximum Gasteiger partial charge on any atom is 0.352 e. The number of likely N-dealkylation sites (tertiary alicyclic amines) is 1. The van der Waals surface area contributed by atoms with Crippen molar-refractivity contribution in [3.05, 3.63) is 28.7 Å². The van der Waals surface area contributed by atoms with Gasteiger partial charge in [0, 0.05) is 42.5 Å². The van der Waals surface area contributed by atoms with Gasteiger partial charge in [-0.3, -0.25) is 30.1 Å². The average molecular weight is 536 g/mol. The van der Waals surface area contributed by atoms with Gasteiger partial charge >= 0.3 is 5.97 Å². The molecule has 0 bridgehead atoms. The zero-order valence-electron chi connectivity index (χ0n) is 18.5. The van der Waals surface area contributed by atoms with Crippen molar-refractivity contribution in [3.63, 3.8) is 0 Å². The zero-order chi connectivity index (χ0) is 25.6. The number of hydrogen-bond donors (Lipinski definition) is 6. The Hall–Kier alpha value is -3.54. The molecule has 7 N–H and O–H groups in total. The van der Waals surface area contributed by atoms with E-state index in [9.17, 15) is 29.5 Å². The zero-order valence-corrected chi connectivity index (χ0v) is 20.1. The van der Waals surface area contributed by atoms with Gasteiger partial charge in [0.25, 0.3) is 11.8 Å². The number of aromatic nitrogens is 2. The van der Waals surface area contributed by atoms with Gasteiger partial charge < -0.3 is 26.3 Å². The number of fused-ring (bicyclic) bond motifs is 1. The van der Waals surface area contributed by atoms with Crippen LogP contribution in [0.5, 0.6) is 0 Å². The predicted molar refractivity (Wildman–Crippen MR) is 127 cm³/mol. The van der Waals surface area contributed by atoms with Gasteiger partial charge in [-0.15, -0.1) is 11.8 Å². The molecule has 3 saturated heterocycles. The first-order valence-electron chi connectivity index (χ1n) is 10.8. The highest BCUT2D eigenvalue weighted by Gasteiger charge is 2.54. The molecule has 1 aromatic rings. The third-order valence-corrected chi connectivity index (χ3v) is 8.05. The first-order chi connectivity index (χ1) is 17.3. The monoisotopic (exact) mass is 535 g/mol. The van der Waals surface area contributed by atoms with Crippen LogP contribution in [0.4, 0.5) is 5.13 Å². The van der Waals surface area contributed by atoms with Crippen molar-refractivity contribution in [2.75, 3.05) is 31.1 Å². The minimum atomic E-state index is -1.31. The lowest BCUT2D eigenvalue weighted by Crippen LogP contribution is -2.71. The van der Waals surface area contributed by atoms with Crippen LogP contribution in [-0.2, 0) is 19.2 Å². The number of nitrogens with zero attached hydrogens (tertiary/aromatic N) is 5. The fourth-order valence-corrected chi connectivity index (χ4v) is 6.23. The van der Waals surface area contributed by atoms with Crippen LogP contribution in [0.2, 0.25) is 0 Å². The number of aliphatic carboxylic acids is 1. The molecule has 17 heteroatoms. The topological polar surface area (TPSA) is 215 Å². The number of rotatable bonds is 6. The number of carbonyl (C=O) groups excluding carboxylic acids is 3. The average Bonchev–Trinajstić information content (AvgIpc) is 3.60. The largest absolute Gasteiger partial charge is 0.477 e. The number of nitrogen functional groups attached to an aromatic ring is 1. The Balaban J connectivity index is 1.33. The number of anilines is 1. The number of hydrogen-bond acceptors (Lipinski definition) is 13. The molecule has 3 fully saturated rings. The molecule has 0 saturated carbocycles. The van der Waals surface area contributed by atoms with Crippen molar-refractivity contribution in [3.8, 4) is 0 Å². The van der Waals surface area contributed by atoms with E-state index in [2.05, 4.69) is 30.7 Å². The summed E-state index contributed by atoms with van der Waals surface area (Å²) in [4.78, 5) is 57.2. The van der Waals surface area contributed by atoms with Gasteiger partial charge in [0.05, 0.1) is 6.04 Å². The summed E-state index contributed by atoms with van der Waals surface area (Å²) < 4.78 is 3.81. The van der Waals surface area contributed by atoms with Crippen LogP contribution >= 0.6 is 23.3 Å². The summed E-state index contributed by atoms with van der Waals surface area (Å²) in [6, 6.07) is -1.03. The van der Waals surface area contributed by atoms with E-state index in [1.165, 1.54) is 11.8 Å². The summed E-state index contributed by atoms with van der Waals surface area (Å²) in [5, 5.41) is 23.9. The first kappa shape index (κ1) is 24.2. The number of nitrogens with one attached hydrogen (secondary N) is 3. The minimum Gasteiger partial charge on any atom is -0.477 e. The van der Waals surface area contributed by atoms with Crippen LogP contribution in [0.25, 0.3) is 0 Å². The molecular weight excluding hydrogens is 514 g/mol. The van der Waals surface area contributed by atoms with E-state index in [4.69, 9.17) is 5.73 Å². The van der Waals surface area contributed by atoms with Gasteiger partial charge in [-0.1, -0.05) is 5.16 Å². The molecule has 0 aliphatic carbocycles. The van der Waals surface area contributed by atoms with E-state index >= 15 is 0 Å². The molecule has 5 rings (SSSR count).